The van der Waals surface area contributed by atoms with E-state index in [0.717, 1.165) is 50.7 Å². The summed E-state index contributed by atoms with van der Waals surface area (Å²) >= 11 is 0. The zero-order valence-corrected chi connectivity index (χ0v) is 15.7. The number of rotatable bonds is 3. The van der Waals surface area contributed by atoms with Crippen molar-refractivity contribution < 1.29 is 9.53 Å². The molecule has 0 unspecified atom stereocenters. The number of benzene rings is 1. The third-order valence-corrected chi connectivity index (χ3v) is 6.91. The second kappa shape index (κ2) is 6.83. The minimum Gasteiger partial charge on any atom is -0.493 e. The van der Waals surface area contributed by atoms with Crippen LogP contribution in [0.2, 0.25) is 0 Å². The van der Waals surface area contributed by atoms with Gasteiger partial charge in [-0.15, -0.1) is 0 Å². The number of fused-ring (bicyclic) bond motifs is 3. The molecule has 142 valence electrons. The molecule has 0 radical (unpaired) electrons. The number of para-hydroxylation sites is 1. The maximum absolute atomic E-state index is 13.4. The molecule has 5 heteroatoms. The molecule has 1 saturated carbocycles. The number of piperidine rings is 1. The zero-order valence-electron chi connectivity index (χ0n) is 15.7. The lowest BCUT2D eigenvalue weighted by Crippen LogP contribution is -2.44. The molecule has 4 aliphatic rings. The molecule has 1 aliphatic carbocycles. The van der Waals surface area contributed by atoms with Crippen molar-refractivity contribution in [2.45, 2.75) is 31.7 Å². The van der Waals surface area contributed by atoms with Gasteiger partial charge in [0.2, 0.25) is 5.91 Å². The Hall–Kier alpha value is -2.06. The first kappa shape index (κ1) is 17.1. The van der Waals surface area contributed by atoms with Crippen LogP contribution in [0.1, 0.15) is 37.3 Å². The molecule has 2 saturated heterocycles. The first-order valence-corrected chi connectivity index (χ1v) is 10.4. The Labute approximate surface area is 160 Å². The van der Waals surface area contributed by atoms with Gasteiger partial charge in [0.25, 0.3) is 0 Å². The van der Waals surface area contributed by atoms with E-state index in [9.17, 15) is 4.79 Å². The van der Waals surface area contributed by atoms with Gasteiger partial charge in [0.15, 0.2) is 0 Å². The van der Waals surface area contributed by atoms with E-state index >= 15 is 0 Å². The van der Waals surface area contributed by atoms with Gasteiger partial charge < -0.3 is 9.64 Å². The summed E-state index contributed by atoms with van der Waals surface area (Å²) in [5.41, 5.74) is 1.26. The van der Waals surface area contributed by atoms with Gasteiger partial charge >= 0.3 is 0 Å². The van der Waals surface area contributed by atoms with Crippen molar-refractivity contribution in [3.05, 3.63) is 29.8 Å². The third kappa shape index (κ3) is 3.10. The minimum absolute atomic E-state index is 0.0146. The summed E-state index contributed by atoms with van der Waals surface area (Å²) in [5, 5.41) is 9.12. The molecule has 0 spiro atoms. The maximum Gasteiger partial charge on any atom is 0.227 e. The number of ether oxygens (including phenoxy) is 1. The third-order valence-electron chi connectivity index (χ3n) is 6.91. The Morgan fingerprint density at radius 2 is 1.96 bits per heavy atom. The molecule has 3 aliphatic heterocycles. The summed E-state index contributed by atoms with van der Waals surface area (Å²) in [4.78, 5) is 17.9. The lowest BCUT2D eigenvalue weighted by Gasteiger charge is -2.36. The van der Waals surface area contributed by atoms with Crippen molar-refractivity contribution in [2.75, 3.05) is 32.8 Å². The lowest BCUT2D eigenvalue weighted by atomic mass is 9.84. The molecule has 0 N–H and O–H groups in total. The Bertz CT molecular complexity index is 761. The summed E-state index contributed by atoms with van der Waals surface area (Å²) in [6.07, 6.45) is 4.28. The van der Waals surface area contributed by atoms with Crippen molar-refractivity contribution in [1.29, 1.82) is 5.26 Å². The Balaban J connectivity index is 1.38. The quantitative estimate of drug-likeness (QED) is 0.826. The minimum atomic E-state index is 0.0146. The van der Waals surface area contributed by atoms with Crippen LogP contribution in [0, 0.1) is 35.0 Å². The van der Waals surface area contributed by atoms with Crippen LogP contribution in [0.5, 0.6) is 5.75 Å². The largest absolute Gasteiger partial charge is 0.493 e. The Morgan fingerprint density at radius 3 is 2.70 bits per heavy atom. The molecule has 27 heavy (non-hydrogen) atoms. The molecule has 3 fully saturated rings. The number of nitrogens with zero attached hydrogens (tertiary/aromatic N) is 3. The molecule has 0 bridgehead atoms. The van der Waals surface area contributed by atoms with Gasteiger partial charge in [0, 0.05) is 49.6 Å². The summed E-state index contributed by atoms with van der Waals surface area (Å²) in [6.45, 7) is 4.04. The van der Waals surface area contributed by atoms with Gasteiger partial charge in [-0.2, -0.15) is 5.26 Å². The number of amides is 1. The molecule has 1 amide bonds. The van der Waals surface area contributed by atoms with Crippen LogP contribution in [0.4, 0.5) is 0 Å². The van der Waals surface area contributed by atoms with Crippen LogP contribution in [0.15, 0.2) is 24.3 Å². The monoisotopic (exact) mass is 365 g/mol. The molecular formula is C22H27N3O2. The highest BCUT2D eigenvalue weighted by Crippen LogP contribution is 2.49. The molecule has 3 atom stereocenters. The Kier molecular flexibility index (Phi) is 4.32. The predicted octanol–water partition coefficient (Wildman–Crippen LogP) is 2.84. The second-order valence-electron chi connectivity index (χ2n) is 8.69. The number of likely N-dealkylation sites (tertiary alicyclic amines) is 2. The zero-order chi connectivity index (χ0) is 18.4. The SMILES string of the molecule is N#CC1CCN(C(=O)[C@@H]2CN(CC3CC3)[C@H]3c4ccccc4OC[C@@H]23)CC1. The van der Waals surface area contributed by atoms with Crippen molar-refractivity contribution in [2.24, 2.45) is 23.7 Å². The van der Waals surface area contributed by atoms with Gasteiger partial charge in [0.1, 0.15) is 5.75 Å². The fraction of sp³-hybridized carbons (Fsp3) is 0.636. The Morgan fingerprint density at radius 1 is 1.19 bits per heavy atom. The van der Waals surface area contributed by atoms with Crippen molar-refractivity contribution in [1.82, 2.24) is 9.80 Å². The van der Waals surface area contributed by atoms with Crippen molar-refractivity contribution >= 4 is 5.91 Å². The first-order valence-electron chi connectivity index (χ1n) is 10.4. The number of carbonyl (C=O) groups excluding carboxylic acids is 1. The standard InChI is InChI=1S/C22H27N3O2/c23-11-15-7-9-24(10-8-15)22(26)18-13-25(12-16-5-6-16)21-17-3-1-2-4-20(17)27-14-19(18)21/h1-4,15-16,18-19,21H,5-10,12-14H2/t18-,19+,21+/m1/s1. The van der Waals surface area contributed by atoms with Crippen LogP contribution in [0.25, 0.3) is 0 Å². The number of hydrogen-bond donors (Lipinski definition) is 0. The summed E-state index contributed by atoms with van der Waals surface area (Å²) in [7, 11) is 0. The van der Waals surface area contributed by atoms with Gasteiger partial charge in [-0.25, -0.2) is 0 Å². The fourth-order valence-electron chi connectivity index (χ4n) is 5.21. The number of hydrogen-bond acceptors (Lipinski definition) is 4. The highest BCUT2D eigenvalue weighted by Gasteiger charge is 2.50. The van der Waals surface area contributed by atoms with E-state index < -0.39 is 0 Å². The lowest BCUT2D eigenvalue weighted by molar-refractivity contribution is -0.138. The van der Waals surface area contributed by atoms with Crippen LogP contribution in [-0.4, -0.2) is 48.5 Å². The van der Waals surface area contributed by atoms with Gasteiger partial charge in [-0.05, 0) is 37.7 Å². The van der Waals surface area contributed by atoms with E-state index in [1.807, 2.05) is 11.0 Å². The number of nitriles is 1. The molecular weight excluding hydrogens is 338 g/mol. The van der Waals surface area contributed by atoms with Crippen molar-refractivity contribution in [3.8, 4) is 11.8 Å². The van der Waals surface area contributed by atoms with Crippen LogP contribution >= 0.6 is 0 Å². The molecule has 5 nitrogen and oxygen atoms in total. The van der Waals surface area contributed by atoms with Crippen LogP contribution in [-0.2, 0) is 4.79 Å². The van der Waals surface area contributed by atoms with Gasteiger partial charge in [-0.1, -0.05) is 18.2 Å². The molecule has 5 rings (SSSR count). The molecule has 3 heterocycles. The highest BCUT2D eigenvalue weighted by molar-refractivity contribution is 5.80. The van der Waals surface area contributed by atoms with Crippen molar-refractivity contribution in [3.63, 3.8) is 0 Å². The van der Waals surface area contributed by atoms with E-state index in [-0.39, 0.29) is 23.7 Å². The predicted molar refractivity (Wildman–Crippen MR) is 101 cm³/mol. The summed E-state index contributed by atoms with van der Waals surface area (Å²) in [6, 6.07) is 11.0. The molecule has 1 aromatic rings. The molecule has 1 aromatic carbocycles. The van der Waals surface area contributed by atoms with E-state index in [1.54, 1.807) is 0 Å². The van der Waals surface area contributed by atoms with E-state index in [1.165, 1.54) is 18.4 Å². The first-order chi connectivity index (χ1) is 13.2. The average molecular weight is 365 g/mol. The average Bonchev–Trinajstić information content (AvgIpc) is 3.46. The fourth-order valence-corrected chi connectivity index (χ4v) is 5.21. The van der Waals surface area contributed by atoms with E-state index in [2.05, 4.69) is 29.2 Å². The smallest absolute Gasteiger partial charge is 0.227 e. The van der Waals surface area contributed by atoms with Gasteiger partial charge in [-0.3, -0.25) is 9.69 Å². The normalized spacial score (nSPS) is 30.9. The maximum atomic E-state index is 13.4. The number of carbonyl (C=O) groups is 1. The summed E-state index contributed by atoms with van der Waals surface area (Å²) in [5.74, 6) is 2.44. The van der Waals surface area contributed by atoms with E-state index in [4.69, 9.17) is 10.00 Å². The van der Waals surface area contributed by atoms with E-state index in [0.29, 0.717) is 12.6 Å². The topological polar surface area (TPSA) is 56.6 Å². The van der Waals surface area contributed by atoms with Crippen LogP contribution in [0.3, 0.4) is 0 Å². The summed E-state index contributed by atoms with van der Waals surface area (Å²) < 4.78 is 6.07. The second-order valence-corrected chi connectivity index (χ2v) is 8.69. The van der Waals surface area contributed by atoms with Gasteiger partial charge in [0.05, 0.1) is 18.6 Å². The highest BCUT2D eigenvalue weighted by atomic mass is 16.5. The van der Waals surface area contributed by atoms with Crippen LogP contribution < -0.4 is 4.74 Å². The molecule has 0 aromatic heterocycles.